The lowest BCUT2D eigenvalue weighted by Gasteiger charge is -2.26. The fourth-order valence-corrected chi connectivity index (χ4v) is 4.52. The number of hydrogen-bond donors (Lipinski definition) is 1. The molecule has 0 aliphatic heterocycles. The number of nitrogens with one attached hydrogen (secondary N) is 1. The van der Waals surface area contributed by atoms with Gasteiger partial charge in [-0.2, -0.15) is 12.7 Å². The number of ketones is 1. The van der Waals surface area contributed by atoms with Crippen molar-refractivity contribution in [2.75, 3.05) is 30.3 Å². The van der Waals surface area contributed by atoms with Crippen molar-refractivity contribution in [2.24, 2.45) is 0 Å². The van der Waals surface area contributed by atoms with E-state index in [1.165, 1.54) is 14.1 Å². The molecule has 0 spiro atoms. The van der Waals surface area contributed by atoms with Gasteiger partial charge in [0.25, 0.3) is 0 Å². The summed E-state index contributed by atoms with van der Waals surface area (Å²) in [4.78, 5) is 25.8. The monoisotopic (exact) mass is 493 g/mol. The lowest BCUT2D eigenvalue weighted by molar-refractivity contribution is -0.114. The maximum absolute atomic E-state index is 13.0. The smallest absolute Gasteiger partial charge is 0.304 e. The van der Waals surface area contributed by atoms with Crippen molar-refractivity contribution < 1.29 is 18.0 Å². The van der Waals surface area contributed by atoms with E-state index in [2.05, 4.69) is 26.1 Å². The van der Waals surface area contributed by atoms with Crippen LogP contribution in [0.2, 0.25) is 0 Å². The summed E-state index contributed by atoms with van der Waals surface area (Å²) in [5.41, 5.74) is 2.87. The van der Waals surface area contributed by atoms with Crippen LogP contribution in [0.3, 0.4) is 0 Å². The molecule has 3 aromatic rings. The Labute approximate surface area is 207 Å². The molecule has 0 atom stereocenters. The molecular weight excluding hydrogens is 462 g/mol. The zero-order valence-electron chi connectivity index (χ0n) is 20.6. The molecule has 0 fully saturated rings. The molecule has 0 bridgehead atoms. The molecule has 3 rings (SSSR count). The first-order valence-corrected chi connectivity index (χ1v) is 12.6. The summed E-state index contributed by atoms with van der Waals surface area (Å²) in [7, 11) is -1.08. The van der Waals surface area contributed by atoms with Gasteiger partial charge in [-0.1, -0.05) is 75.4 Å². The standard InChI is InChI=1S/C27H31N3O4S/c1-27(2,3)22-16-14-20(15-17-22)26(32)21-10-9-11-23(18-21)28-25(31)19-30(35(33,34)29(4)5)24-12-7-6-8-13-24/h6-18H,19H2,1-5H3,(H,28,31). The summed E-state index contributed by atoms with van der Waals surface area (Å²) in [6.07, 6.45) is 0. The molecular formula is C27H31N3O4S. The Hall–Kier alpha value is -3.49. The van der Waals surface area contributed by atoms with Crippen molar-refractivity contribution in [3.8, 4) is 0 Å². The molecule has 0 aliphatic carbocycles. The summed E-state index contributed by atoms with van der Waals surface area (Å²) in [6.45, 7) is 5.91. The zero-order valence-corrected chi connectivity index (χ0v) is 21.5. The number of rotatable bonds is 8. The van der Waals surface area contributed by atoms with Crippen LogP contribution in [0, 0.1) is 0 Å². The Kier molecular flexibility index (Phi) is 7.77. The molecule has 184 valence electrons. The van der Waals surface area contributed by atoms with Crippen molar-refractivity contribution in [1.82, 2.24) is 4.31 Å². The maximum Gasteiger partial charge on any atom is 0.304 e. The molecule has 1 N–H and O–H groups in total. The molecule has 1 amide bonds. The highest BCUT2D eigenvalue weighted by Gasteiger charge is 2.27. The van der Waals surface area contributed by atoms with E-state index in [4.69, 9.17) is 0 Å². The highest BCUT2D eigenvalue weighted by atomic mass is 32.2. The van der Waals surface area contributed by atoms with Crippen LogP contribution in [0.4, 0.5) is 11.4 Å². The van der Waals surface area contributed by atoms with Gasteiger partial charge in [-0.25, -0.2) is 4.31 Å². The summed E-state index contributed by atoms with van der Waals surface area (Å²) < 4.78 is 27.8. The number of carbonyl (C=O) groups is 2. The first kappa shape index (κ1) is 26.1. The second kappa shape index (κ2) is 10.4. The van der Waals surface area contributed by atoms with Crippen LogP contribution in [0.25, 0.3) is 0 Å². The van der Waals surface area contributed by atoms with E-state index in [9.17, 15) is 18.0 Å². The maximum atomic E-state index is 13.0. The fraction of sp³-hybridized carbons (Fsp3) is 0.259. The van der Waals surface area contributed by atoms with Crippen LogP contribution < -0.4 is 9.62 Å². The van der Waals surface area contributed by atoms with Gasteiger partial charge >= 0.3 is 10.2 Å². The Balaban J connectivity index is 1.78. The number of carbonyl (C=O) groups excluding carboxylic acids is 2. The summed E-state index contributed by atoms with van der Waals surface area (Å²) in [5, 5.41) is 2.71. The van der Waals surface area contributed by atoms with Crippen molar-refractivity contribution in [3.63, 3.8) is 0 Å². The van der Waals surface area contributed by atoms with Crippen molar-refractivity contribution in [2.45, 2.75) is 26.2 Å². The summed E-state index contributed by atoms with van der Waals surface area (Å²) in [6, 6.07) is 22.5. The van der Waals surface area contributed by atoms with Gasteiger partial charge in [0, 0.05) is 30.9 Å². The van der Waals surface area contributed by atoms with E-state index in [1.54, 1.807) is 66.7 Å². The topological polar surface area (TPSA) is 86.8 Å². The van der Waals surface area contributed by atoms with Crippen LogP contribution in [0.5, 0.6) is 0 Å². The molecule has 0 aromatic heterocycles. The number of amides is 1. The normalized spacial score (nSPS) is 11.8. The number of para-hydroxylation sites is 1. The molecule has 7 nitrogen and oxygen atoms in total. The van der Waals surface area contributed by atoms with Crippen LogP contribution >= 0.6 is 0 Å². The number of nitrogens with zero attached hydrogens (tertiary/aromatic N) is 2. The minimum atomic E-state index is -3.90. The lowest BCUT2D eigenvalue weighted by atomic mass is 9.86. The van der Waals surface area contributed by atoms with Crippen LogP contribution in [0.1, 0.15) is 42.3 Å². The SMILES string of the molecule is CN(C)S(=O)(=O)N(CC(=O)Nc1cccc(C(=O)c2ccc(C(C)(C)C)cc2)c1)c1ccccc1. The predicted octanol–water partition coefficient (Wildman–Crippen LogP) is 4.47. The minimum Gasteiger partial charge on any atom is -0.324 e. The van der Waals surface area contributed by atoms with Crippen LogP contribution in [-0.4, -0.2) is 45.1 Å². The lowest BCUT2D eigenvalue weighted by Crippen LogP contribution is -2.44. The molecule has 0 aliphatic rings. The van der Waals surface area contributed by atoms with E-state index in [-0.39, 0.29) is 11.2 Å². The Morgan fingerprint density at radius 3 is 2.03 bits per heavy atom. The minimum absolute atomic E-state index is 0.0144. The van der Waals surface area contributed by atoms with Gasteiger partial charge in [0.1, 0.15) is 6.54 Å². The first-order valence-electron chi connectivity index (χ1n) is 11.2. The van der Waals surface area contributed by atoms with Crippen LogP contribution in [0.15, 0.2) is 78.9 Å². The van der Waals surface area contributed by atoms with Gasteiger partial charge in [-0.15, -0.1) is 0 Å². The average molecular weight is 494 g/mol. The van der Waals surface area contributed by atoms with Gasteiger partial charge in [0.05, 0.1) is 5.69 Å². The molecule has 0 saturated heterocycles. The molecule has 3 aromatic carbocycles. The molecule has 35 heavy (non-hydrogen) atoms. The van der Waals surface area contributed by atoms with E-state index in [1.807, 2.05) is 12.1 Å². The first-order chi connectivity index (χ1) is 16.4. The van der Waals surface area contributed by atoms with E-state index >= 15 is 0 Å². The van der Waals surface area contributed by atoms with E-state index in [0.29, 0.717) is 22.5 Å². The molecule has 0 saturated carbocycles. The van der Waals surface area contributed by atoms with Gasteiger partial charge in [0.2, 0.25) is 5.91 Å². The second-order valence-corrected chi connectivity index (χ2v) is 11.5. The highest BCUT2D eigenvalue weighted by Crippen LogP contribution is 2.24. The number of anilines is 2. The largest absolute Gasteiger partial charge is 0.324 e. The third kappa shape index (κ3) is 6.35. The second-order valence-electron chi connectivity index (χ2n) is 9.42. The van der Waals surface area contributed by atoms with Crippen molar-refractivity contribution in [3.05, 3.63) is 95.6 Å². The number of benzene rings is 3. The third-order valence-electron chi connectivity index (χ3n) is 5.49. The predicted molar refractivity (Wildman–Crippen MR) is 140 cm³/mol. The van der Waals surface area contributed by atoms with Gasteiger partial charge in [-0.3, -0.25) is 9.59 Å². The Bertz CT molecular complexity index is 1300. The average Bonchev–Trinajstić information content (AvgIpc) is 2.82. The molecule has 0 radical (unpaired) electrons. The highest BCUT2D eigenvalue weighted by molar-refractivity contribution is 7.90. The number of hydrogen-bond acceptors (Lipinski definition) is 4. The van der Waals surface area contributed by atoms with Gasteiger partial charge in [0.15, 0.2) is 5.78 Å². The molecule has 0 heterocycles. The Morgan fingerprint density at radius 2 is 1.46 bits per heavy atom. The summed E-state index contributed by atoms with van der Waals surface area (Å²) in [5.74, 6) is -0.693. The van der Waals surface area contributed by atoms with E-state index in [0.717, 1.165) is 14.2 Å². The quantitative estimate of drug-likeness (QED) is 0.469. The Morgan fingerprint density at radius 1 is 0.829 bits per heavy atom. The third-order valence-corrected chi connectivity index (χ3v) is 7.31. The van der Waals surface area contributed by atoms with Gasteiger partial charge in [-0.05, 0) is 35.2 Å². The van der Waals surface area contributed by atoms with Crippen molar-refractivity contribution >= 4 is 33.3 Å². The molecule has 8 heteroatoms. The van der Waals surface area contributed by atoms with Crippen LogP contribution in [-0.2, 0) is 20.4 Å². The zero-order chi connectivity index (χ0) is 25.8. The van der Waals surface area contributed by atoms with Crippen molar-refractivity contribution in [1.29, 1.82) is 0 Å². The molecule has 0 unspecified atom stereocenters. The summed E-state index contributed by atoms with van der Waals surface area (Å²) >= 11 is 0. The van der Waals surface area contributed by atoms with Gasteiger partial charge < -0.3 is 5.32 Å². The fourth-order valence-electron chi connectivity index (χ4n) is 3.45. The van der Waals surface area contributed by atoms with E-state index < -0.39 is 22.7 Å².